The molecule has 5 nitrogen and oxygen atoms in total. The number of ether oxygens (including phenoxy) is 2. The van der Waals surface area contributed by atoms with Gasteiger partial charge in [0.1, 0.15) is 5.75 Å². The number of Topliss-reactive ketones (excluding diaryl/α,β-unsaturated/α-hetero) is 1. The number of nitrogens with one attached hydrogen (secondary N) is 1. The number of carbonyl (C=O) groups excluding carboxylic acids is 2. The van der Waals surface area contributed by atoms with Gasteiger partial charge >= 0.3 is 5.97 Å². The number of H-pyrrole nitrogens is 1. The first-order valence-corrected chi connectivity index (χ1v) is 8.08. The lowest BCUT2D eigenvalue weighted by Gasteiger charge is -2.07. The zero-order chi connectivity index (χ0) is 17.6. The van der Waals surface area contributed by atoms with Crippen molar-refractivity contribution < 1.29 is 19.1 Å². The van der Waals surface area contributed by atoms with Crippen LogP contribution in [0.25, 0.3) is 10.9 Å². The third kappa shape index (κ3) is 4.26. The summed E-state index contributed by atoms with van der Waals surface area (Å²) in [4.78, 5) is 27.0. The number of hydrogen-bond acceptors (Lipinski definition) is 4. The fourth-order valence-electron chi connectivity index (χ4n) is 2.56. The Morgan fingerprint density at radius 3 is 2.76 bits per heavy atom. The maximum absolute atomic E-state index is 12.2. The average molecular weight is 337 g/mol. The van der Waals surface area contributed by atoms with Gasteiger partial charge in [0.25, 0.3) is 0 Å². The van der Waals surface area contributed by atoms with E-state index < -0.39 is 5.97 Å². The Morgan fingerprint density at radius 1 is 1.08 bits per heavy atom. The van der Waals surface area contributed by atoms with Crippen molar-refractivity contribution in [1.29, 1.82) is 0 Å². The molecule has 0 aliphatic heterocycles. The van der Waals surface area contributed by atoms with Gasteiger partial charge in [-0.1, -0.05) is 30.3 Å². The van der Waals surface area contributed by atoms with Gasteiger partial charge in [-0.05, 0) is 30.7 Å². The number of ketones is 1. The molecule has 3 rings (SSSR count). The number of hydrogen-bond donors (Lipinski definition) is 1. The van der Waals surface area contributed by atoms with Gasteiger partial charge < -0.3 is 14.5 Å². The SMILES string of the molecule is Cc1cccc(OCCC(=O)OCC(=O)c2c[nH]c3ccccc23)c1. The van der Waals surface area contributed by atoms with Gasteiger partial charge in [-0.25, -0.2) is 0 Å². The summed E-state index contributed by atoms with van der Waals surface area (Å²) >= 11 is 0. The number of aromatic nitrogens is 1. The summed E-state index contributed by atoms with van der Waals surface area (Å²) in [5, 5.41) is 0.825. The summed E-state index contributed by atoms with van der Waals surface area (Å²) in [6.07, 6.45) is 1.73. The Hall–Kier alpha value is -3.08. The smallest absolute Gasteiger partial charge is 0.309 e. The summed E-state index contributed by atoms with van der Waals surface area (Å²) in [7, 11) is 0. The van der Waals surface area contributed by atoms with Crippen molar-refractivity contribution in [2.75, 3.05) is 13.2 Å². The van der Waals surface area contributed by atoms with E-state index in [1.807, 2.05) is 55.5 Å². The number of rotatable bonds is 7. The van der Waals surface area contributed by atoms with Gasteiger partial charge in [0.15, 0.2) is 6.61 Å². The molecule has 0 fully saturated rings. The number of aryl methyl sites for hydroxylation is 1. The van der Waals surface area contributed by atoms with Crippen molar-refractivity contribution in [3.63, 3.8) is 0 Å². The maximum atomic E-state index is 12.2. The van der Waals surface area contributed by atoms with E-state index >= 15 is 0 Å². The standard InChI is InChI=1S/C20H19NO4/c1-14-5-4-6-15(11-14)24-10-9-20(23)25-13-19(22)17-12-21-18-8-3-2-7-16(17)18/h2-8,11-12,21H,9-10,13H2,1H3. The molecule has 0 unspecified atom stereocenters. The Balaban J connectivity index is 1.46. The summed E-state index contributed by atoms with van der Waals surface area (Å²) in [6.45, 7) is 1.91. The van der Waals surface area contributed by atoms with Crippen molar-refractivity contribution in [3.8, 4) is 5.75 Å². The minimum atomic E-state index is -0.458. The van der Waals surface area contributed by atoms with E-state index in [4.69, 9.17) is 9.47 Å². The van der Waals surface area contributed by atoms with Crippen LogP contribution in [-0.2, 0) is 9.53 Å². The van der Waals surface area contributed by atoms with Gasteiger partial charge in [-0.15, -0.1) is 0 Å². The molecule has 0 bridgehead atoms. The van der Waals surface area contributed by atoms with Crippen molar-refractivity contribution in [3.05, 3.63) is 65.9 Å². The lowest BCUT2D eigenvalue weighted by Crippen LogP contribution is -2.16. The molecule has 2 aromatic carbocycles. The predicted octanol–water partition coefficient (Wildman–Crippen LogP) is 3.67. The van der Waals surface area contributed by atoms with Crippen LogP contribution in [-0.4, -0.2) is 30.0 Å². The molecule has 0 aliphatic carbocycles. The molecule has 25 heavy (non-hydrogen) atoms. The molecule has 128 valence electrons. The van der Waals surface area contributed by atoms with E-state index in [9.17, 15) is 9.59 Å². The largest absolute Gasteiger partial charge is 0.493 e. The molecule has 0 spiro atoms. The molecule has 5 heteroatoms. The molecule has 1 N–H and O–H groups in total. The van der Waals surface area contributed by atoms with Crippen molar-refractivity contribution in [2.45, 2.75) is 13.3 Å². The van der Waals surface area contributed by atoms with Crippen LogP contribution >= 0.6 is 0 Å². The zero-order valence-electron chi connectivity index (χ0n) is 14.0. The molecule has 1 aromatic heterocycles. The monoisotopic (exact) mass is 337 g/mol. The molecule has 0 atom stereocenters. The number of fused-ring (bicyclic) bond motifs is 1. The van der Waals surface area contributed by atoms with E-state index in [-0.39, 0.29) is 25.4 Å². The molecule has 0 saturated carbocycles. The Labute approximate surface area is 145 Å². The molecule has 1 heterocycles. The summed E-state index contributed by atoms with van der Waals surface area (Å²) in [6, 6.07) is 15.1. The fourth-order valence-corrected chi connectivity index (χ4v) is 2.56. The van der Waals surface area contributed by atoms with Crippen LogP contribution in [0.1, 0.15) is 22.3 Å². The first-order chi connectivity index (χ1) is 12.1. The Morgan fingerprint density at radius 2 is 1.92 bits per heavy atom. The summed E-state index contributed by atoms with van der Waals surface area (Å²) < 4.78 is 10.6. The minimum Gasteiger partial charge on any atom is -0.493 e. The van der Waals surface area contributed by atoms with Gasteiger partial charge in [0.2, 0.25) is 5.78 Å². The maximum Gasteiger partial charge on any atom is 0.309 e. The van der Waals surface area contributed by atoms with E-state index in [1.54, 1.807) is 6.20 Å². The molecule has 0 aliphatic rings. The highest BCUT2D eigenvalue weighted by Crippen LogP contribution is 2.18. The molecule has 0 amide bonds. The molecular weight excluding hydrogens is 318 g/mol. The summed E-state index contributed by atoms with van der Waals surface area (Å²) in [5.41, 5.74) is 2.49. The topological polar surface area (TPSA) is 68.4 Å². The normalized spacial score (nSPS) is 10.6. The number of para-hydroxylation sites is 1. The lowest BCUT2D eigenvalue weighted by molar-refractivity contribution is -0.143. The van der Waals surface area contributed by atoms with Crippen molar-refractivity contribution >= 4 is 22.7 Å². The van der Waals surface area contributed by atoms with Gasteiger partial charge in [0.05, 0.1) is 13.0 Å². The zero-order valence-corrected chi connectivity index (χ0v) is 14.0. The number of benzene rings is 2. The van der Waals surface area contributed by atoms with E-state index in [2.05, 4.69) is 4.98 Å². The minimum absolute atomic E-state index is 0.0924. The highest BCUT2D eigenvalue weighted by molar-refractivity contribution is 6.08. The van der Waals surface area contributed by atoms with E-state index in [0.717, 1.165) is 16.5 Å². The fraction of sp³-hybridized carbons (Fsp3) is 0.200. The van der Waals surface area contributed by atoms with Crippen LogP contribution in [0, 0.1) is 6.92 Å². The highest BCUT2D eigenvalue weighted by atomic mass is 16.5. The van der Waals surface area contributed by atoms with Gasteiger partial charge in [-0.3, -0.25) is 9.59 Å². The Kier molecular flexibility index (Phi) is 5.14. The highest BCUT2D eigenvalue weighted by Gasteiger charge is 2.14. The van der Waals surface area contributed by atoms with Crippen molar-refractivity contribution in [2.24, 2.45) is 0 Å². The first kappa shape index (κ1) is 16.8. The predicted molar refractivity (Wildman–Crippen MR) is 94.9 cm³/mol. The van der Waals surface area contributed by atoms with Gasteiger partial charge in [0, 0.05) is 22.7 Å². The third-order valence-corrected chi connectivity index (χ3v) is 3.82. The number of carbonyl (C=O) groups is 2. The second kappa shape index (κ2) is 7.66. The van der Waals surface area contributed by atoms with E-state index in [1.165, 1.54) is 0 Å². The quantitative estimate of drug-likeness (QED) is 0.527. The second-order valence-electron chi connectivity index (χ2n) is 5.75. The van der Waals surface area contributed by atoms with E-state index in [0.29, 0.717) is 11.3 Å². The molecule has 0 saturated heterocycles. The van der Waals surface area contributed by atoms with Crippen LogP contribution in [0.4, 0.5) is 0 Å². The lowest BCUT2D eigenvalue weighted by atomic mass is 10.1. The average Bonchev–Trinajstić information content (AvgIpc) is 3.04. The number of aromatic amines is 1. The van der Waals surface area contributed by atoms with Crippen LogP contribution in [0.2, 0.25) is 0 Å². The Bertz CT molecular complexity index is 897. The van der Waals surface area contributed by atoms with Crippen LogP contribution in [0.15, 0.2) is 54.7 Å². The van der Waals surface area contributed by atoms with Crippen molar-refractivity contribution in [1.82, 2.24) is 4.98 Å². The van der Waals surface area contributed by atoms with Crippen LogP contribution in [0.3, 0.4) is 0 Å². The molecule has 3 aromatic rings. The first-order valence-electron chi connectivity index (χ1n) is 8.08. The van der Waals surface area contributed by atoms with Crippen LogP contribution < -0.4 is 4.74 Å². The molecular formula is C20H19NO4. The third-order valence-electron chi connectivity index (χ3n) is 3.82. The summed E-state index contributed by atoms with van der Waals surface area (Å²) in [5.74, 6) is 0.0221. The van der Waals surface area contributed by atoms with Crippen LogP contribution in [0.5, 0.6) is 5.75 Å². The number of esters is 1. The van der Waals surface area contributed by atoms with Gasteiger partial charge in [-0.2, -0.15) is 0 Å². The second-order valence-corrected chi connectivity index (χ2v) is 5.75. The molecule has 0 radical (unpaired) electrons.